The summed E-state index contributed by atoms with van der Waals surface area (Å²) in [6, 6.07) is 10.9. The van der Waals surface area contributed by atoms with E-state index >= 15 is 0 Å². The van der Waals surface area contributed by atoms with Crippen LogP contribution in [0.5, 0.6) is 0 Å². The first-order chi connectivity index (χ1) is 14.0. The van der Waals surface area contributed by atoms with Gasteiger partial charge in [0.25, 0.3) is 11.2 Å². The molecule has 0 saturated carbocycles. The van der Waals surface area contributed by atoms with E-state index in [4.69, 9.17) is 11.6 Å². The molecule has 8 nitrogen and oxygen atoms in total. The molecule has 1 saturated heterocycles. The fourth-order valence-electron chi connectivity index (χ4n) is 3.85. The van der Waals surface area contributed by atoms with Crippen LogP contribution in [0.3, 0.4) is 0 Å². The van der Waals surface area contributed by atoms with Crippen molar-refractivity contribution < 1.29 is 4.92 Å². The molecule has 0 aliphatic carbocycles. The van der Waals surface area contributed by atoms with Crippen LogP contribution in [-0.2, 0) is 0 Å². The number of nitrogens with zero attached hydrogens (tertiary/aromatic N) is 4. The van der Waals surface area contributed by atoms with Crippen LogP contribution in [0, 0.1) is 10.1 Å². The lowest BCUT2D eigenvalue weighted by Crippen LogP contribution is -2.47. The first kappa shape index (κ1) is 19.4. The van der Waals surface area contributed by atoms with E-state index in [9.17, 15) is 14.9 Å². The van der Waals surface area contributed by atoms with Gasteiger partial charge in [0.15, 0.2) is 0 Å². The predicted octanol–water partition coefficient (Wildman–Crippen LogP) is 3.37. The Hall–Kier alpha value is -2.97. The molecule has 0 amide bonds. The second-order valence-electron chi connectivity index (χ2n) is 7.07. The molecule has 1 unspecified atom stereocenters. The summed E-state index contributed by atoms with van der Waals surface area (Å²) in [6.45, 7) is 4.86. The molecule has 1 N–H and O–H groups in total. The van der Waals surface area contributed by atoms with Gasteiger partial charge in [-0.2, -0.15) is 0 Å². The summed E-state index contributed by atoms with van der Waals surface area (Å²) in [7, 11) is 0. The SMILES string of the molecule is CC(c1ccccc1Cl)N1CCN(c2cc3nc[nH]c(=O)c3cc2[N+](=O)[O-])CC1. The highest BCUT2D eigenvalue weighted by molar-refractivity contribution is 6.31. The molecule has 0 radical (unpaired) electrons. The summed E-state index contributed by atoms with van der Waals surface area (Å²) >= 11 is 6.34. The molecule has 3 aromatic rings. The number of nitro benzene ring substituents is 1. The van der Waals surface area contributed by atoms with Crippen LogP contribution in [0.2, 0.25) is 5.02 Å². The van der Waals surface area contributed by atoms with E-state index in [-0.39, 0.29) is 22.7 Å². The molecule has 150 valence electrons. The van der Waals surface area contributed by atoms with Crippen molar-refractivity contribution in [1.82, 2.24) is 14.9 Å². The maximum atomic E-state index is 12.0. The Kier molecular flexibility index (Phi) is 5.21. The van der Waals surface area contributed by atoms with E-state index < -0.39 is 4.92 Å². The van der Waals surface area contributed by atoms with Gasteiger partial charge in [0.2, 0.25) is 0 Å². The normalized spacial score (nSPS) is 16.1. The molecule has 1 aliphatic heterocycles. The Balaban J connectivity index is 1.59. The number of nitrogens with one attached hydrogen (secondary N) is 1. The van der Waals surface area contributed by atoms with E-state index in [0.29, 0.717) is 24.3 Å². The molecule has 1 aromatic heterocycles. The van der Waals surface area contributed by atoms with Gasteiger partial charge < -0.3 is 9.88 Å². The summed E-state index contributed by atoms with van der Waals surface area (Å²) in [6.07, 6.45) is 1.31. The van der Waals surface area contributed by atoms with Gasteiger partial charge >= 0.3 is 0 Å². The Bertz CT molecular complexity index is 1120. The number of H-pyrrole nitrogens is 1. The number of aromatic amines is 1. The molecule has 1 aliphatic rings. The third kappa shape index (κ3) is 3.68. The standard InChI is InChI=1S/C20H20ClN5O3/c1-13(14-4-2-3-5-16(14)21)24-6-8-25(9-7-24)18-11-17-15(10-19(18)26(28)29)20(27)23-12-22-17/h2-5,10-13H,6-9H2,1H3,(H,22,23,27). The number of nitro groups is 1. The minimum absolute atomic E-state index is 0.0800. The van der Waals surface area contributed by atoms with E-state index in [1.807, 2.05) is 29.2 Å². The largest absolute Gasteiger partial charge is 0.363 e. The first-order valence-corrected chi connectivity index (χ1v) is 9.73. The fourth-order valence-corrected chi connectivity index (χ4v) is 4.15. The number of hydrogen-bond acceptors (Lipinski definition) is 6. The number of anilines is 1. The third-order valence-electron chi connectivity index (χ3n) is 5.49. The van der Waals surface area contributed by atoms with Crippen molar-refractivity contribution in [3.63, 3.8) is 0 Å². The lowest BCUT2D eigenvalue weighted by molar-refractivity contribution is -0.384. The van der Waals surface area contributed by atoms with Crippen LogP contribution in [0.25, 0.3) is 10.9 Å². The predicted molar refractivity (Wildman–Crippen MR) is 113 cm³/mol. The Labute approximate surface area is 171 Å². The fraction of sp³-hybridized carbons (Fsp3) is 0.300. The van der Waals surface area contributed by atoms with E-state index in [1.165, 1.54) is 12.4 Å². The summed E-state index contributed by atoms with van der Waals surface area (Å²) in [5, 5.41) is 12.6. The number of hydrogen-bond donors (Lipinski definition) is 1. The van der Waals surface area contributed by atoms with Gasteiger partial charge in [-0.3, -0.25) is 19.8 Å². The number of piperazine rings is 1. The monoisotopic (exact) mass is 413 g/mol. The van der Waals surface area contributed by atoms with Crippen molar-refractivity contribution in [2.75, 3.05) is 31.1 Å². The zero-order valence-corrected chi connectivity index (χ0v) is 16.6. The zero-order chi connectivity index (χ0) is 20.5. The smallest absolute Gasteiger partial charge is 0.293 e. The average Bonchev–Trinajstić information content (AvgIpc) is 2.73. The van der Waals surface area contributed by atoms with Gasteiger partial charge in [0.1, 0.15) is 5.69 Å². The Morgan fingerprint density at radius 3 is 2.62 bits per heavy atom. The first-order valence-electron chi connectivity index (χ1n) is 9.35. The second-order valence-corrected chi connectivity index (χ2v) is 7.47. The molecule has 0 spiro atoms. The molecule has 2 heterocycles. The maximum Gasteiger partial charge on any atom is 0.293 e. The summed E-state index contributed by atoms with van der Waals surface area (Å²) in [5.74, 6) is 0. The minimum Gasteiger partial charge on any atom is -0.363 e. The minimum atomic E-state index is -0.444. The van der Waals surface area contributed by atoms with Crippen LogP contribution in [0.15, 0.2) is 47.5 Å². The molecular formula is C20H20ClN5O3. The lowest BCUT2D eigenvalue weighted by Gasteiger charge is -2.39. The van der Waals surface area contributed by atoms with Crippen molar-refractivity contribution in [2.45, 2.75) is 13.0 Å². The van der Waals surface area contributed by atoms with Gasteiger partial charge in [0, 0.05) is 43.3 Å². The Morgan fingerprint density at radius 1 is 1.21 bits per heavy atom. The van der Waals surface area contributed by atoms with Gasteiger partial charge in [-0.05, 0) is 24.6 Å². The number of rotatable bonds is 4. The topological polar surface area (TPSA) is 95.4 Å². The quantitative estimate of drug-likeness (QED) is 0.520. The molecule has 4 rings (SSSR count). The van der Waals surface area contributed by atoms with Crippen LogP contribution < -0.4 is 10.5 Å². The highest BCUT2D eigenvalue weighted by Crippen LogP contribution is 2.33. The van der Waals surface area contributed by atoms with Crippen molar-refractivity contribution in [3.8, 4) is 0 Å². The highest BCUT2D eigenvalue weighted by Gasteiger charge is 2.27. The van der Waals surface area contributed by atoms with Crippen molar-refractivity contribution >= 4 is 33.9 Å². The van der Waals surface area contributed by atoms with E-state index in [2.05, 4.69) is 21.8 Å². The van der Waals surface area contributed by atoms with E-state index in [1.54, 1.807) is 6.07 Å². The second kappa shape index (κ2) is 7.81. The van der Waals surface area contributed by atoms with Crippen molar-refractivity contribution in [2.24, 2.45) is 0 Å². The van der Waals surface area contributed by atoms with Gasteiger partial charge in [-0.1, -0.05) is 29.8 Å². The molecule has 1 atom stereocenters. The van der Waals surface area contributed by atoms with Crippen LogP contribution in [0.4, 0.5) is 11.4 Å². The lowest BCUT2D eigenvalue weighted by atomic mass is 10.1. The summed E-state index contributed by atoms with van der Waals surface area (Å²) in [5.41, 5.74) is 1.54. The average molecular weight is 414 g/mol. The summed E-state index contributed by atoms with van der Waals surface area (Å²) in [4.78, 5) is 34.1. The number of halogens is 1. The van der Waals surface area contributed by atoms with Crippen molar-refractivity contribution in [1.29, 1.82) is 0 Å². The summed E-state index contributed by atoms with van der Waals surface area (Å²) < 4.78 is 0. The third-order valence-corrected chi connectivity index (χ3v) is 5.84. The highest BCUT2D eigenvalue weighted by atomic mass is 35.5. The molecule has 1 fully saturated rings. The molecule has 2 aromatic carbocycles. The van der Waals surface area contributed by atoms with Gasteiger partial charge in [0.05, 0.1) is 22.2 Å². The number of aromatic nitrogens is 2. The maximum absolute atomic E-state index is 12.0. The van der Waals surface area contributed by atoms with Crippen molar-refractivity contribution in [3.05, 3.63) is 73.8 Å². The van der Waals surface area contributed by atoms with Gasteiger partial charge in [-0.15, -0.1) is 0 Å². The molecular weight excluding hydrogens is 394 g/mol. The van der Waals surface area contributed by atoms with Crippen LogP contribution in [0.1, 0.15) is 18.5 Å². The Morgan fingerprint density at radius 2 is 1.93 bits per heavy atom. The van der Waals surface area contributed by atoms with Crippen LogP contribution >= 0.6 is 11.6 Å². The zero-order valence-electron chi connectivity index (χ0n) is 15.8. The molecule has 0 bridgehead atoms. The number of fused-ring (bicyclic) bond motifs is 1. The van der Waals surface area contributed by atoms with Crippen LogP contribution in [-0.4, -0.2) is 46.0 Å². The molecule has 29 heavy (non-hydrogen) atoms. The number of benzene rings is 2. The molecule has 9 heteroatoms. The van der Waals surface area contributed by atoms with Gasteiger partial charge in [-0.25, -0.2) is 4.98 Å². The van der Waals surface area contributed by atoms with E-state index in [0.717, 1.165) is 23.7 Å².